The highest BCUT2D eigenvalue weighted by Gasteiger charge is 2.63. The monoisotopic (exact) mass is 889 g/mol. The van der Waals surface area contributed by atoms with Crippen molar-refractivity contribution in [3.63, 3.8) is 0 Å². The van der Waals surface area contributed by atoms with Gasteiger partial charge in [-0.25, -0.2) is 17.8 Å². The number of amides is 4. The molecular weight excluding hydrogens is 850 g/mol. The number of carbonyl (C=O) groups is 4. The Balaban J connectivity index is 1.14. The highest BCUT2D eigenvalue weighted by Crippen LogP contribution is 2.48. The number of nitrogens with zero attached hydrogens (tertiary/aromatic N) is 2. The summed E-state index contributed by atoms with van der Waals surface area (Å²) in [4.78, 5) is 62.0. The van der Waals surface area contributed by atoms with Gasteiger partial charge in [0, 0.05) is 29.2 Å². The van der Waals surface area contributed by atoms with Crippen molar-refractivity contribution in [3.8, 4) is 11.6 Å². The second-order valence-corrected chi connectivity index (χ2v) is 19.4. The van der Waals surface area contributed by atoms with Crippen LogP contribution in [0.5, 0.6) is 11.6 Å². The van der Waals surface area contributed by atoms with Crippen molar-refractivity contribution in [1.82, 2.24) is 25.2 Å². The minimum Gasteiger partial charge on any atom is -0.472 e. The summed E-state index contributed by atoms with van der Waals surface area (Å²) in [6, 6.07) is 6.88. The van der Waals surface area contributed by atoms with Crippen LogP contribution in [0.25, 0.3) is 21.7 Å². The number of sulfonamides is 1. The number of allylic oxidation sites excluding steroid dienone is 1. The SMILES string of the molecule is CC1(S(=O)(=O)NC(=O)[C@@]23C[C@H]2/C=C\CCCCC[C@H](NC(=O)c2ccc(F)s2)C(=O)N2C[C@H](Oc4nc5cc(OC(F)(F)F)ccc5c5cc(F)ccc45)C[C@H]2C(=O)N3)CC1. The maximum atomic E-state index is 14.6. The van der Waals surface area contributed by atoms with Crippen molar-refractivity contribution >= 4 is 66.7 Å². The van der Waals surface area contributed by atoms with E-state index in [1.54, 1.807) is 6.08 Å². The smallest absolute Gasteiger partial charge is 0.472 e. The molecule has 324 valence electrons. The first-order chi connectivity index (χ1) is 28.8. The highest BCUT2D eigenvalue weighted by molar-refractivity contribution is 7.91. The van der Waals surface area contributed by atoms with Crippen LogP contribution >= 0.6 is 11.3 Å². The molecule has 0 radical (unpaired) electrons. The molecule has 2 aromatic heterocycles. The van der Waals surface area contributed by atoms with Gasteiger partial charge < -0.3 is 25.0 Å². The Labute approximate surface area is 350 Å². The fraction of sp³-hybridized carbons (Fsp3) is 0.439. The van der Waals surface area contributed by atoms with Crippen LogP contribution in [-0.4, -0.2) is 83.3 Å². The summed E-state index contributed by atoms with van der Waals surface area (Å²) in [7, 11) is -4.10. The number of hydrogen-bond acceptors (Lipinski definition) is 10. The van der Waals surface area contributed by atoms with E-state index in [1.165, 1.54) is 30.0 Å². The zero-order valence-corrected chi connectivity index (χ0v) is 34.2. The van der Waals surface area contributed by atoms with E-state index < -0.39 is 91.1 Å². The molecule has 3 N–H and O–H groups in total. The second kappa shape index (κ2) is 15.8. The van der Waals surface area contributed by atoms with E-state index in [-0.39, 0.29) is 58.2 Å². The van der Waals surface area contributed by atoms with Gasteiger partial charge in [0.15, 0.2) is 5.13 Å². The van der Waals surface area contributed by atoms with Gasteiger partial charge in [0.25, 0.3) is 11.8 Å². The molecule has 2 aromatic carbocycles. The van der Waals surface area contributed by atoms with Gasteiger partial charge in [-0.2, -0.15) is 4.39 Å². The summed E-state index contributed by atoms with van der Waals surface area (Å²) < 4.78 is 106. The van der Waals surface area contributed by atoms with Gasteiger partial charge in [0.1, 0.15) is 35.3 Å². The summed E-state index contributed by atoms with van der Waals surface area (Å²) in [5, 5.41) is 5.64. The lowest BCUT2D eigenvalue weighted by molar-refractivity contribution is -0.274. The Hall–Kier alpha value is -5.37. The van der Waals surface area contributed by atoms with Gasteiger partial charge in [-0.15, -0.1) is 24.5 Å². The molecule has 0 spiro atoms. The lowest BCUT2D eigenvalue weighted by Crippen LogP contribution is -2.58. The van der Waals surface area contributed by atoms with Gasteiger partial charge in [-0.3, -0.25) is 23.9 Å². The quantitative estimate of drug-likeness (QED) is 0.106. The van der Waals surface area contributed by atoms with E-state index in [1.807, 2.05) is 6.08 Å². The average Bonchev–Trinajstić information content (AvgIpc) is 3.99. The van der Waals surface area contributed by atoms with E-state index in [2.05, 4.69) is 25.1 Å². The molecule has 2 saturated carbocycles. The van der Waals surface area contributed by atoms with Crippen LogP contribution < -0.4 is 24.8 Å². The number of fused-ring (bicyclic) bond motifs is 5. The minimum absolute atomic E-state index is 0.0143. The molecule has 8 rings (SSSR count). The van der Waals surface area contributed by atoms with Crippen LogP contribution in [0, 0.1) is 16.9 Å². The Morgan fingerprint density at radius 1 is 1.00 bits per heavy atom. The molecule has 13 nitrogen and oxygen atoms in total. The third-order valence-corrected chi connectivity index (χ3v) is 14.8. The number of benzene rings is 2. The molecule has 61 heavy (non-hydrogen) atoms. The number of halogens is 5. The Kier molecular flexibility index (Phi) is 11.0. The van der Waals surface area contributed by atoms with Crippen molar-refractivity contribution < 1.29 is 59.0 Å². The van der Waals surface area contributed by atoms with Gasteiger partial charge >= 0.3 is 6.36 Å². The largest absolute Gasteiger partial charge is 0.573 e. The van der Waals surface area contributed by atoms with Crippen molar-refractivity contribution in [2.24, 2.45) is 5.92 Å². The molecule has 4 aliphatic rings. The van der Waals surface area contributed by atoms with Crippen LogP contribution in [0.4, 0.5) is 22.0 Å². The molecule has 20 heteroatoms. The van der Waals surface area contributed by atoms with Gasteiger partial charge in [0.2, 0.25) is 27.7 Å². The predicted octanol–water partition coefficient (Wildman–Crippen LogP) is 6.17. The zero-order valence-electron chi connectivity index (χ0n) is 32.5. The molecule has 4 amide bonds. The molecule has 5 atom stereocenters. The standard InChI is InChI=1S/C41H40F5N5O8S2/c1-39(15-16-39)61(56,57)50-38(55)40-20-22(40)7-5-3-2-4-6-8-29(47-35(53)32-13-14-33(43)60-32)37(54)51-21-25(19-31(51)34(52)49-40)58-36-27-11-9-23(42)17-28(27)26-12-10-24(18-30(26)48-36)59-41(44,45)46/h5,7,9-14,17-18,22,25,29,31H,2-4,6,8,15-16,19-21H2,1H3,(H,47,53)(H,49,52)(H,50,55)/b7-5-/t22-,25-,29+,31+,40-/m1/s1. The van der Waals surface area contributed by atoms with Crippen molar-refractivity contribution in [1.29, 1.82) is 0 Å². The third kappa shape index (κ3) is 8.73. The normalized spacial score (nSPS) is 26.0. The molecule has 4 aromatic rings. The van der Waals surface area contributed by atoms with Crippen LogP contribution in [0.3, 0.4) is 0 Å². The Morgan fingerprint density at radius 2 is 1.77 bits per heavy atom. The summed E-state index contributed by atoms with van der Waals surface area (Å²) in [5.74, 6) is -5.10. The maximum Gasteiger partial charge on any atom is 0.573 e. The van der Waals surface area contributed by atoms with E-state index in [0.29, 0.717) is 49.9 Å². The van der Waals surface area contributed by atoms with Crippen LogP contribution in [0.1, 0.15) is 74.4 Å². The number of pyridine rings is 1. The van der Waals surface area contributed by atoms with Crippen molar-refractivity contribution in [2.75, 3.05) is 6.54 Å². The molecule has 0 bridgehead atoms. The number of hydrogen-bond donors (Lipinski definition) is 3. The summed E-state index contributed by atoms with van der Waals surface area (Å²) in [6.07, 6.45) is 0.665. The average molecular weight is 890 g/mol. The molecule has 3 fully saturated rings. The fourth-order valence-corrected chi connectivity index (χ4v) is 9.93. The van der Waals surface area contributed by atoms with E-state index in [4.69, 9.17) is 4.74 Å². The Bertz CT molecular complexity index is 2580. The molecule has 0 unspecified atom stereocenters. The first-order valence-electron chi connectivity index (χ1n) is 19.7. The molecular formula is C41H40F5N5O8S2. The number of aromatic nitrogens is 1. The predicted molar refractivity (Wildman–Crippen MR) is 212 cm³/mol. The number of nitrogens with one attached hydrogen (secondary N) is 3. The summed E-state index contributed by atoms with van der Waals surface area (Å²) in [5.41, 5.74) is -1.72. The lowest BCUT2D eigenvalue weighted by Gasteiger charge is -2.30. The van der Waals surface area contributed by atoms with Gasteiger partial charge in [0.05, 0.1) is 21.7 Å². The first kappa shape index (κ1) is 42.3. The van der Waals surface area contributed by atoms with Crippen molar-refractivity contribution in [2.45, 2.75) is 99.5 Å². The van der Waals surface area contributed by atoms with E-state index >= 15 is 0 Å². The van der Waals surface area contributed by atoms with Crippen LogP contribution in [0.15, 0.2) is 60.7 Å². The number of carbonyl (C=O) groups excluding carboxylic acids is 4. The lowest BCUT2D eigenvalue weighted by atomic mass is 10.0. The summed E-state index contributed by atoms with van der Waals surface area (Å²) >= 11 is 0.589. The van der Waals surface area contributed by atoms with Crippen molar-refractivity contribution in [3.05, 3.63) is 76.5 Å². The molecule has 2 aliphatic heterocycles. The molecule has 1 saturated heterocycles. The number of ether oxygens (including phenoxy) is 2. The van der Waals surface area contributed by atoms with E-state index in [0.717, 1.165) is 30.3 Å². The van der Waals surface area contributed by atoms with Crippen LogP contribution in [-0.2, 0) is 24.4 Å². The minimum atomic E-state index is -5.01. The van der Waals surface area contributed by atoms with E-state index in [9.17, 15) is 49.5 Å². The number of thiophene rings is 1. The molecule has 4 heterocycles. The maximum absolute atomic E-state index is 14.6. The second-order valence-electron chi connectivity index (χ2n) is 16.2. The van der Waals surface area contributed by atoms with Gasteiger partial charge in [-0.1, -0.05) is 25.0 Å². The van der Waals surface area contributed by atoms with Gasteiger partial charge in [-0.05, 0) is 93.3 Å². The number of rotatable bonds is 8. The first-order valence-corrected chi connectivity index (χ1v) is 22.0. The Morgan fingerprint density at radius 3 is 2.49 bits per heavy atom. The fourth-order valence-electron chi connectivity index (χ4n) is 7.98. The number of alkyl halides is 3. The highest BCUT2D eigenvalue weighted by atomic mass is 32.2. The summed E-state index contributed by atoms with van der Waals surface area (Å²) in [6.45, 7) is 1.23. The topological polar surface area (TPSA) is 173 Å². The van der Waals surface area contributed by atoms with Crippen LogP contribution in [0.2, 0.25) is 0 Å². The molecule has 2 aliphatic carbocycles. The third-order valence-electron chi connectivity index (χ3n) is 11.8. The zero-order chi connectivity index (χ0) is 43.5.